The maximum Gasteiger partial charge on any atom is 0.227 e. The van der Waals surface area contributed by atoms with E-state index in [1.54, 1.807) is 12.3 Å². The summed E-state index contributed by atoms with van der Waals surface area (Å²) in [5, 5.41) is 5.75. The number of hydrogen-bond donors (Lipinski definition) is 2. The molecule has 1 aliphatic heterocycles. The van der Waals surface area contributed by atoms with Gasteiger partial charge in [-0.3, -0.25) is 9.59 Å². The van der Waals surface area contributed by atoms with Gasteiger partial charge in [0.2, 0.25) is 11.8 Å². The Bertz CT molecular complexity index is 760. The van der Waals surface area contributed by atoms with Gasteiger partial charge < -0.3 is 10.6 Å². The van der Waals surface area contributed by atoms with E-state index in [0.717, 1.165) is 16.9 Å². The number of carbonyl (C=O) groups is 2. The van der Waals surface area contributed by atoms with Crippen LogP contribution in [0.1, 0.15) is 29.9 Å². The first kappa shape index (κ1) is 16.1. The summed E-state index contributed by atoms with van der Waals surface area (Å²) in [5.41, 5.74) is 2.78. The van der Waals surface area contributed by atoms with Crippen molar-refractivity contribution in [3.05, 3.63) is 53.6 Å². The molecule has 24 heavy (non-hydrogen) atoms. The zero-order valence-corrected chi connectivity index (χ0v) is 13.6. The first-order valence-corrected chi connectivity index (χ1v) is 8.06. The van der Waals surface area contributed by atoms with Crippen LogP contribution in [0.4, 0.5) is 5.69 Å². The fraction of sp³-hybridized carbons (Fsp3) is 0.333. The van der Waals surface area contributed by atoms with Crippen LogP contribution in [0.15, 0.2) is 36.5 Å². The Labute approximate surface area is 140 Å². The smallest absolute Gasteiger partial charge is 0.227 e. The third-order valence-electron chi connectivity index (χ3n) is 4.13. The number of rotatable bonds is 5. The molecule has 1 aliphatic rings. The highest BCUT2D eigenvalue weighted by molar-refractivity contribution is 5.96. The predicted molar refractivity (Wildman–Crippen MR) is 90.1 cm³/mol. The molecule has 0 unspecified atom stereocenters. The van der Waals surface area contributed by atoms with Crippen LogP contribution in [0.3, 0.4) is 0 Å². The third kappa shape index (κ3) is 3.95. The summed E-state index contributed by atoms with van der Waals surface area (Å²) in [6.07, 6.45) is 3.22. The minimum atomic E-state index is -0.160. The number of nitrogens with zero attached hydrogens (tertiary/aromatic N) is 2. The highest BCUT2D eigenvalue weighted by Crippen LogP contribution is 2.27. The number of carbonyl (C=O) groups excluding carboxylic acids is 2. The summed E-state index contributed by atoms with van der Waals surface area (Å²) in [6.45, 7) is 2.19. The van der Waals surface area contributed by atoms with E-state index in [9.17, 15) is 9.59 Å². The molecule has 1 aromatic heterocycles. The Hall–Kier alpha value is -2.76. The number of benzene rings is 1. The maximum atomic E-state index is 12.1. The number of aryl methyl sites for hydroxylation is 1. The summed E-state index contributed by atoms with van der Waals surface area (Å²) in [5.74, 6) is 0.442. The molecule has 6 heteroatoms. The van der Waals surface area contributed by atoms with Crippen LogP contribution in [0.25, 0.3) is 0 Å². The van der Waals surface area contributed by atoms with Crippen molar-refractivity contribution in [1.29, 1.82) is 0 Å². The van der Waals surface area contributed by atoms with Crippen molar-refractivity contribution in [2.45, 2.75) is 32.7 Å². The second kappa shape index (κ2) is 7.21. The van der Waals surface area contributed by atoms with Gasteiger partial charge in [0, 0.05) is 24.2 Å². The molecule has 2 amide bonds. The Morgan fingerprint density at radius 3 is 3.00 bits per heavy atom. The lowest BCUT2D eigenvalue weighted by Crippen LogP contribution is -2.31. The van der Waals surface area contributed by atoms with Crippen LogP contribution in [0.2, 0.25) is 0 Å². The van der Waals surface area contributed by atoms with Gasteiger partial charge in [-0.2, -0.15) is 0 Å². The highest BCUT2D eigenvalue weighted by Gasteiger charge is 2.26. The third-order valence-corrected chi connectivity index (χ3v) is 4.13. The van der Waals surface area contributed by atoms with Crippen LogP contribution in [-0.4, -0.2) is 21.8 Å². The molecule has 0 radical (unpaired) electrons. The topological polar surface area (TPSA) is 84.0 Å². The standard InChI is InChI=1S/C18H20N4O2/c1-12-19-9-8-15(21-12)11-20-17(23)7-6-14-10-13-4-2-3-5-16(13)22-18(14)24/h2-5,8-9,14H,6-7,10-11H2,1H3,(H,20,23)(H,22,24)/t14-/m1/s1. The van der Waals surface area contributed by atoms with Gasteiger partial charge >= 0.3 is 0 Å². The van der Waals surface area contributed by atoms with E-state index in [1.165, 1.54) is 0 Å². The van der Waals surface area contributed by atoms with Crippen molar-refractivity contribution in [1.82, 2.24) is 15.3 Å². The first-order valence-electron chi connectivity index (χ1n) is 8.06. The molecule has 2 aromatic rings. The van der Waals surface area contributed by atoms with Gasteiger partial charge in [0.25, 0.3) is 0 Å². The number of aromatic nitrogens is 2. The number of nitrogens with one attached hydrogen (secondary N) is 2. The molecule has 0 bridgehead atoms. The van der Waals surface area contributed by atoms with Crippen LogP contribution in [0, 0.1) is 12.8 Å². The molecule has 3 rings (SSSR count). The van der Waals surface area contributed by atoms with Crippen LogP contribution < -0.4 is 10.6 Å². The van der Waals surface area contributed by atoms with E-state index in [2.05, 4.69) is 20.6 Å². The fourth-order valence-electron chi connectivity index (χ4n) is 2.83. The van der Waals surface area contributed by atoms with Crippen molar-refractivity contribution < 1.29 is 9.59 Å². The summed E-state index contributed by atoms with van der Waals surface area (Å²) < 4.78 is 0. The number of para-hydroxylation sites is 1. The van der Waals surface area contributed by atoms with Gasteiger partial charge in [0.05, 0.1) is 12.2 Å². The zero-order chi connectivity index (χ0) is 16.9. The maximum absolute atomic E-state index is 12.1. The number of hydrogen-bond acceptors (Lipinski definition) is 4. The molecule has 0 spiro atoms. The molecule has 2 heterocycles. The van der Waals surface area contributed by atoms with Gasteiger partial charge in [-0.25, -0.2) is 9.97 Å². The molecule has 1 aromatic carbocycles. The Morgan fingerprint density at radius 2 is 2.17 bits per heavy atom. The van der Waals surface area contributed by atoms with Crippen molar-refractivity contribution in [2.75, 3.05) is 5.32 Å². The molecule has 0 aliphatic carbocycles. The fourth-order valence-corrected chi connectivity index (χ4v) is 2.83. The minimum absolute atomic E-state index is 0.00655. The van der Waals surface area contributed by atoms with Crippen LogP contribution in [-0.2, 0) is 22.6 Å². The Balaban J connectivity index is 1.49. The number of amides is 2. The van der Waals surface area contributed by atoms with Gasteiger partial charge in [-0.05, 0) is 37.5 Å². The van der Waals surface area contributed by atoms with Crippen LogP contribution in [0.5, 0.6) is 0 Å². The molecule has 1 atom stereocenters. The minimum Gasteiger partial charge on any atom is -0.350 e. The normalized spacial score (nSPS) is 16.2. The second-order valence-corrected chi connectivity index (χ2v) is 5.96. The van der Waals surface area contributed by atoms with E-state index >= 15 is 0 Å². The molecule has 124 valence electrons. The summed E-state index contributed by atoms with van der Waals surface area (Å²) in [6, 6.07) is 9.56. The summed E-state index contributed by atoms with van der Waals surface area (Å²) >= 11 is 0. The molecular weight excluding hydrogens is 304 g/mol. The van der Waals surface area contributed by atoms with Crippen molar-refractivity contribution in [3.8, 4) is 0 Å². The van der Waals surface area contributed by atoms with Gasteiger partial charge in [-0.1, -0.05) is 18.2 Å². The number of anilines is 1. The van der Waals surface area contributed by atoms with Gasteiger partial charge in [-0.15, -0.1) is 0 Å². The average molecular weight is 324 g/mol. The van der Waals surface area contributed by atoms with E-state index in [4.69, 9.17) is 0 Å². The lowest BCUT2D eigenvalue weighted by molar-refractivity contribution is -0.123. The lowest BCUT2D eigenvalue weighted by atomic mass is 9.89. The van der Waals surface area contributed by atoms with E-state index in [1.807, 2.05) is 31.2 Å². The van der Waals surface area contributed by atoms with Crippen molar-refractivity contribution in [2.24, 2.45) is 5.92 Å². The highest BCUT2D eigenvalue weighted by atomic mass is 16.2. The van der Waals surface area contributed by atoms with E-state index in [-0.39, 0.29) is 17.7 Å². The largest absolute Gasteiger partial charge is 0.350 e. The van der Waals surface area contributed by atoms with Crippen LogP contribution >= 0.6 is 0 Å². The zero-order valence-electron chi connectivity index (χ0n) is 13.6. The quantitative estimate of drug-likeness (QED) is 0.881. The van der Waals surface area contributed by atoms with Crippen molar-refractivity contribution >= 4 is 17.5 Å². The first-order chi connectivity index (χ1) is 11.6. The second-order valence-electron chi connectivity index (χ2n) is 5.96. The molecule has 0 fully saturated rings. The average Bonchev–Trinajstić information content (AvgIpc) is 2.58. The monoisotopic (exact) mass is 324 g/mol. The molecular formula is C18H20N4O2. The molecule has 0 saturated heterocycles. The lowest BCUT2D eigenvalue weighted by Gasteiger charge is -2.24. The SMILES string of the molecule is Cc1nccc(CNC(=O)CC[C@@H]2Cc3ccccc3NC2=O)n1. The predicted octanol–water partition coefficient (Wildman–Crippen LogP) is 1.99. The molecule has 6 nitrogen and oxygen atoms in total. The van der Waals surface area contributed by atoms with Gasteiger partial charge in [0.1, 0.15) is 5.82 Å². The number of fused-ring (bicyclic) bond motifs is 1. The van der Waals surface area contributed by atoms with Crippen molar-refractivity contribution in [3.63, 3.8) is 0 Å². The summed E-state index contributed by atoms with van der Waals surface area (Å²) in [4.78, 5) is 32.4. The molecule has 0 saturated carbocycles. The Kier molecular flexibility index (Phi) is 4.84. The summed E-state index contributed by atoms with van der Waals surface area (Å²) in [7, 11) is 0. The van der Waals surface area contributed by atoms with Gasteiger partial charge in [0.15, 0.2) is 0 Å². The molecule has 2 N–H and O–H groups in total. The Morgan fingerprint density at radius 1 is 1.33 bits per heavy atom. The van der Waals surface area contributed by atoms with E-state index in [0.29, 0.717) is 31.6 Å². The van der Waals surface area contributed by atoms with E-state index < -0.39 is 0 Å².